The van der Waals surface area contributed by atoms with Crippen LogP contribution >= 0.6 is 11.6 Å². The topological polar surface area (TPSA) is 121 Å². The fourth-order valence-corrected chi connectivity index (χ4v) is 7.23. The Kier molecular flexibility index (Phi) is 15.6. The van der Waals surface area contributed by atoms with E-state index in [2.05, 4.69) is 39.6 Å². The smallest absolute Gasteiger partial charge is 0.227 e. The van der Waals surface area contributed by atoms with Crippen molar-refractivity contribution >= 4 is 17.5 Å². The maximum Gasteiger partial charge on any atom is 0.227 e. The van der Waals surface area contributed by atoms with Crippen molar-refractivity contribution in [2.45, 2.75) is 114 Å². The van der Waals surface area contributed by atoms with Gasteiger partial charge in [0.2, 0.25) is 5.91 Å². The van der Waals surface area contributed by atoms with Crippen LogP contribution in [0.3, 0.4) is 0 Å². The summed E-state index contributed by atoms with van der Waals surface area (Å²) in [5, 5.41) is 9.68. The maximum absolute atomic E-state index is 14.8. The number of hydrogen-bond donors (Lipinski definition) is 5. The zero-order valence-electron chi connectivity index (χ0n) is 25.8. The Bertz CT molecular complexity index is 740. The van der Waals surface area contributed by atoms with Gasteiger partial charge in [-0.15, -0.1) is 11.6 Å². The molecule has 0 saturated carbocycles. The second-order valence-corrected chi connectivity index (χ2v) is 13.4. The van der Waals surface area contributed by atoms with Gasteiger partial charge in [-0.05, 0) is 32.1 Å². The average molecular weight is 604 g/mol. The lowest BCUT2D eigenvalue weighted by Crippen LogP contribution is -2.68. The molecular weight excluding hydrogens is 545 g/mol. The van der Waals surface area contributed by atoms with Gasteiger partial charge in [0, 0.05) is 70.5 Å². The van der Waals surface area contributed by atoms with Gasteiger partial charge in [0.25, 0.3) is 0 Å². The molecule has 0 aromatic heterocycles. The van der Waals surface area contributed by atoms with Crippen LogP contribution in [0, 0.1) is 11.8 Å². The lowest BCUT2D eigenvalue weighted by Gasteiger charge is -2.47. The van der Waals surface area contributed by atoms with E-state index in [1.165, 1.54) is 25.7 Å². The normalized spacial score (nSPS) is 29.4. The molecule has 0 spiro atoms. The largest absolute Gasteiger partial charge is 0.380 e. The van der Waals surface area contributed by atoms with E-state index < -0.39 is 18.3 Å². The van der Waals surface area contributed by atoms with E-state index in [-0.39, 0.29) is 36.0 Å². The lowest BCUT2D eigenvalue weighted by molar-refractivity contribution is -0.128. The zero-order chi connectivity index (χ0) is 29.8. The number of rotatable bonds is 17. The van der Waals surface area contributed by atoms with Crippen molar-refractivity contribution in [1.29, 1.82) is 0 Å². The highest BCUT2D eigenvalue weighted by Gasteiger charge is 2.41. The molecule has 0 aromatic carbocycles. The molecule has 3 saturated heterocycles. The number of nitrogens with zero attached hydrogens (tertiary/aromatic N) is 2. The number of halogens is 2. The molecule has 3 fully saturated rings. The first-order valence-corrected chi connectivity index (χ1v) is 16.7. The Hall–Kier alpha value is -0.590. The molecule has 0 aromatic rings. The maximum atomic E-state index is 14.8. The second-order valence-electron chi connectivity index (χ2n) is 12.8. The minimum Gasteiger partial charge on any atom is -0.380 e. The minimum atomic E-state index is -0.966. The standard InChI is InChI=1S/C30H59ClFN7O2/c1-4-5-6-7-8-21(2)9-10-23(32)17-36-22(3)27(29(33)34)30(40)37-26-19-35-18-25(31)28(26)39-14-12-38(13-15-39)24-11-16-41-20-24/h21-29,35-36H,4-20,33-34H2,1-3H3,(H,37,40). The van der Waals surface area contributed by atoms with Gasteiger partial charge >= 0.3 is 0 Å². The van der Waals surface area contributed by atoms with Crippen LogP contribution in [0.2, 0.25) is 0 Å². The number of carbonyl (C=O) groups excluding carboxylic acids is 1. The summed E-state index contributed by atoms with van der Waals surface area (Å²) in [5.74, 6) is -0.364. The van der Waals surface area contributed by atoms with E-state index in [0.717, 1.165) is 58.7 Å². The van der Waals surface area contributed by atoms with E-state index in [1.807, 2.05) is 6.92 Å². The molecule has 7 N–H and O–H groups in total. The van der Waals surface area contributed by atoms with E-state index in [4.69, 9.17) is 27.8 Å². The number of carbonyl (C=O) groups is 1. The summed E-state index contributed by atoms with van der Waals surface area (Å²) < 4.78 is 20.4. The SMILES string of the molecule is CCCCCCC(C)CCC(F)CNC(C)C(C(=O)NC1CNCC(Cl)C1N1CCN(C2CCOC2)CC1)C(N)N. The van der Waals surface area contributed by atoms with Gasteiger partial charge in [0.05, 0.1) is 30.1 Å². The van der Waals surface area contributed by atoms with Crippen LogP contribution in [0.25, 0.3) is 0 Å². The number of piperazine rings is 1. The van der Waals surface area contributed by atoms with Crippen LogP contribution < -0.4 is 27.4 Å². The molecule has 3 heterocycles. The number of nitrogens with one attached hydrogen (secondary N) is 3. The molecule has 1 amide bonds. The number of ether oxygens (including phenoxy) is 1. The first kappa shape index (κ1) is 34.9. The molecule has 11 heteroatoms. The number of unbranched alkanes of at least 4 members (excludes halogenated alkanes) is 3. The third kappa shape index (κ3) is 11.1. The average Bonchev–Trinajstić information content (AvgIpc) is 3.48. The summed E-state index contributed by atoms with van der Waals surface area (Å²) in [7, 11) is 0. The molecule has 0 radical (unpaired) electrons. The van der Waals surface area contributed by atoms with Crippen molar-refractivity contribution in [3.05, 3.63) is 0 Å². The Morgan fingerprint density at radius 2 is 1.80 bits per heavy atom. The highest BCUT2D eigenvalue weighted by Crippen LogP contribution is 2.23. The van der Waals surface area contributed by atoms with E-state index in [1.54, 1.807) is 0 Å². The fourth-order valence-electron chi connectivity index (χ4n) is 6.79. The summed E-state index contributed by atoms with van der Waals surface area (Å²) in [5.41, 5.74) is 12.2. The Morgan fingerprint density at radius 3 is 2.46 bits per heavy atom. The van der Waals surface area contributed by atoms with Crippen LogP contribution in [-0.4, -0.2) is 117 Å². The van der Waals surface area contributed by atoms with Gasteiger partial charge in [-0.1, -0.05) is 46.0 Å². The van der Waals surface area contributed by atoms with Crippen molar-refractivity contribution in [3.63, 3.8) is 0 Å². The monoisotopic (exact) mass is 603 g/mol. The molecular formula is C30H59ClFN7O2. The van der Waals surface area contributed by atoms with Gasteiger partial charge in [-0.25, -0.2) is 4.39 Å². The van der Waals surface area contributed by atoms with Crippen molar-refractivity contribution in [2.24, 2.45) is 23.3 Å². The Labute approximate surface area is 253 Å². The minimum absolute atomic E-state index is 0.0148. The van der Waals surface area contributed by atoms with Crippen LogP contribution in [0.5, 0.6) is 0 Å². The van der Waals surface area contributed by atoms with E-state index >= 15 is 0 Å². The van der Waals surface area contributed by atoms with E-state index in [0.29, 0.717) is 31.5 Å². The second kappa shape index (κ2) is 18.3. The highest BCUT2D eigenvalue weighted by atomic mass is 35.5. The molecule has 0 bridgehead atoms. The number of amides is 1. The van der Waals surface area contributed by atoms with Crippen molar-refractivity contribution in [1.82, 2.24) is 25.8 Å². The molecule has 3 rings (SSSR count). The van der Waals surface area contributed by atoms with Crippen molar-refractivity contribution in [3.8, 4) is 0 Å². The molecule has 8 unspecified atom stereocenters. The molecule has 0 aliphatic carbocycles. The summed E-state index contributed by atoms with van der Waals surface area (Å²) in [6, 6.07) is -0.00272. The molecule has 41 heavy (non-hydrogen) atoms. The predicted molar refractivity (Wildman–Crippen MR) is 166 cm³/mol. The van der Waals surface area contributed by atoms with Gasteiger partial charge in [0.1, 0.15) is 6.17 Å². The van der Waals surface area contributed by atoms with Gasteiger partial charge in [-0.2, -0.15) is 0 Å². The predicted octanol–water partition coefficient (Wildman–Crippen LogP) is 2.02. The third-order valence-electron chi connectivity index (χ3n) is 9.45. The summed E-state index contributed by atoms with van der Waals surface area (Å²) >= 11 is 6.85. The quantitative estimate of drug-likeness (QED) is 0.0973. The molecule has 3 aliphatic heterocycles. The van der Waals surface area contributed by atoms with Crippen LogP contribution in [-0.2, 0) is 9.53 Å². The lowest BCUT2D eigenvalue weighted by atomic mass is 9.93. The zero-order valence-corrected chi connectivity index (χ0v) is 26.6. The molecule has 240 valence electrons. The van der Waals surface area contributed by atoms with Crippen LogP contribution in [0.1, 0.15) is 72.1 Å². The van der Waals surface area contributed by atoms with Gasteiger partial charge < -0.3 is 32.2 Å². The third-order valence-corrected chi connectivity index (χ3v) is 9.86. The number of piperidine rings is 1. The van der Waals surface area contributed by atoms with Crippen LogP contribution in [0.15, 0.2) is 0 Å². The number of hydrogen-bond acceptors (Lipinski definition) is 8. The fraction of sp³-hybridized carbons (Fsp3) is 0.967. The molecule has 8 atom stereocenters. The van der Waals surface area contributed by atoms with Crippen LogP contribution in [0.4, 0.5) is 4.39 Å². The summed E-state index contributed by atoms with van der Waals surface area (Å²) in [6.07, 6.45) is 6.81. The molecule has 9 nitrogen and oxygen atoms in total. The number of nitrogens with two attached hydrogens (primary N) is 2. The summed E-state index contributed by atoms with van der Waals surface area (Å²) in [4.78, 5) is 18.5. The first-order valence-electron chi connectivity index (χ1n) is 16.3. The van der Waals surface area contributed by atoms with E-state index in [9.17, 15) is 9.18 Å². The number of alkyl halides is 2. The first-order chi connectivity index (χ1) is 19.7. The summed E-state index contributed by atoms with van der Waals surface area (Å²) in [6.45, 7) is 13.2. The Balaban J connectivity index is 1.47. The highest BCUT2D eigenvalue weighted by molar-refractivity contribution is 6.21. The van der Waals surface area contributed by atoms with Crippen molar-refractivity contribution < 1.29 is 13.9 Å². The van der Waals surface area contributed by atoms with Crippen molar-refractivity contribution in [2.75, 3.05) is 59.0 Å². The van der Waals surface area contributed by atoms with Gasteiger partial charge in [0.15, 0.2) is 0 Å². The molecule has 3 aliphatic rings. The van der Waals surface area contributed by atoms with Gasteiger partial charge in [-0.3, -0.25) is 14.6 Å². The Morgan fingerprint density at radius 1 is 1.07 bits per heavy atom.